The van der Waals surface area contributed by atoms with Crippen molar-refractivity contribution in [1.29, 1.82) is 0 Å². The fraction of sp³-hybridized carbons (Fsp3) is 0.667. The summed E-state index contributed by atoms with van der Waals surface area (Å²) in [5.74, 6) is -0.540. The van der Waals surface area contributed by atoms with Crippen LogP contribution in [0.3, 0.4) is 0 Å². The van der Waals surface area contributed by atoms with E-state index in [-0.39, 0.29) is 17.7 Å². The van der Waals surface area contributed by atoms with Crippen LogP contribution in [0, 0.1) is 24.2 Å². The number of nitrogens with zero attached hydrogens (tertiary/aromatic N) is 1. The Bertz CT molecular complexity index is 1340. The summed E-state index contributed by atoms with van der Waals surface area (Å²) >= 11 is 18.8. The molecule has 1 amide bonds. The van der Waals surface area contributed by atoms with Crippen molar-refractivity contribution in [2.24, 2.45) is 17.3 Å². The molecule has 0 aliphatic heterocycles. The van der Waals surface area contributed by atoms with E-state index in [1.54, 1.807) is 45.1 Å². The molecule has 278 valence electrons. The molecule has 0 spiro atoms. The number of aryl methyl sites for hydroxylation is 1. The minimum atomic E-state index is -1.80. The van der Waals surface area contributed by atoms with Gasteiger partial charge in [-0.2, -0.15) is 0 Å². The number of halogens is 3. The van der Waals surface area contributed by atoms with E-state index in [1.807, 2.05) is 59.9 Å². The Morgan fingerprint density at radius 3 is 2.22 bits per heavy atom. The minimum absolute atomic E-state index is 0.149. The van der Waals surface area contributed by atoms with E-state index in [9.17, 15) is 14.4 Å². The quantitative estimate of drug-likeness (QED) is 0.0722. The number of aromatic nitrogens is 1. The molecular weight excluding hydrogens is 711 g/mol. The summed E-state index contributed by atoms with van der Waals surface area (Å²) in [5, 5.41) is 5.95. The highest BCUT2D eigenvalue weighted by Gasteiger charge is 2.42. The number of carbonyl (C=O) groups is 3. The zero-order valence-corrected chi connectivity index (χ0v) is 34.1. The van der Waals surface area contributed by atoms with Crippen molar-refractivity contribution >= 4 is 70.2 Å². The van der Waals surface area contributed by atoms with Gasteiger partial charge in [0.1, 0.15) is 24.1 Å². The Hall–Kier alpha value is -2.27. The molecular formula is C36H55Cl3N2O7S. The van der Waals surface area contributed by atoms with Crippen LogP contribution in [0.5, 0.6) is 0 Å². The second kappa shape index (κ2) is 19.9. The number of nitrogens with one attached hydrogen (secondary N) is 1. The van der Waals surface area contributed by atoms with Crippen molar-refractivity contribution in [3.8, 4) is 0 Å². The summed E-state index contributed by atoms with van der Waals surface area (Å²) in [6.07, 6.45) is 6.23. The Morgan fingerprint density at radius 1 is 1.08 bits per heavy atom. The van der Waals surface area contributed by atoms with E-state index in [0.29, 0.717) is 18.6 Å². The molecule has 49 heavy (non-hydrogen) atoms. The van der Waals surface area contributed by atoms with E-state index in [0.717, 1.165) is 34.7 Å². The highest BCUT2D eigenvalue weighted by atomic mass is 35.6. The van der Waals surface area contributed by atoms with Crippen LogP contribution in [0.1, 0.15) is 106 Å². The van der Waals surface area contributed by atoms with Crippen LogP contribution in [0.25, 0.3) is 6.08 Å². The SMILES string of the molecule is C/C=C(\OC)C(C)(C)C(=O)[C@H](C)[C@@H](OC(=O)OCC(Cl)(Cl)Cl)[C@@H](C)CCC/C(C)=C\C[C@H](NC(=O)OC(C)(C)C)/C(C)=C/c1csc(C)n1. The Kier molecular flexibility index (Phi) is 18.2. The largest absolute Gasteiger partial charge is 0.508 e. The van der Waals surface area contributed by atoms with Crippen molar-refractivity contribution in [3.63, 3.8) is 0 Å². The number of alkyl carbamates (subject to hydrolysis) is 1. The van der Waals surface area contributed by atoms with Crippen molar-refractivity contribution in [2.75, 3.05) is 13.7 Å². The summed E-state index contributed by atoms with van der Waals surface area (Å²) in [7, 11) is 1.52. The normalized spacial score (nSPS) is 15.9. The monoisotopic (exact) mass is 764 g/mol. The Labute approximate surface area is 312 Å². The average Bonchev–Trinajstić information content (AvgIpc) is 3.39. The van der Waals surface area contributed by atoms with Crippen molar-refractivity contribution in [1.82, 2.24) is 10.3 Å². The second-order valence-electron chi connectivity index (χ2n) is 13.9. The van der Waals surface area contributed by atoms with Gasteiger partial charge in [-0.05, 0) is 112 Å². The smallest absolute Gasteiger partial charge is 0.500 e. The molecule has 1 aromatic heterocycles. The fourth-order valence-electron chi connectivity index (χ4n) is 5.45. The van der Waals surface area contributed by atoms with Crippen LogP contribution in [-0.2, 0) is 23.7 Å². The first-order chi connectivity index (χ1) is 22.5. The lowest BCUT2D eigenvalue weighted by Crippen LogP contribution is -2.42. The number of ether oxygens (including phenoxy) is 4. The van der Waals surface area contributed by atoms with Crippen LogP contribution in [0.4, 0.5) is 9.59 Å². The lowest BCUT2D eigenvalue weighted by molar-refractivity contribution is -0.136. The molecule has 0 aliphatic carbocycles. The van der Waals surface area contributed by atoms with Crippen molar-refractivity contribution in [3.05, 3.63) is 45.1 Å². The molecule has 4 atom stereocenters. The van der Waals surface area contributed by atoms with E-state index < -0.39 is 45.7 Å². The van der Waals surface area contributed by atoms with Crippen LogP contribution < -0.4 is 5.32 Å². The topological polar surface area (TPSA) is 113 Å². The molecule has 1 aromatic rings. The third-order valence-electron chi connectivity index (χ3n) is 7.95. The fourth-order valence-corrected chi connectivity index (χ4v) is 6.18. The first-order valence-electron chi connectivity index (χ1n) is 16.4. The lowest BCUT2D eigenvalue weighted by atomic mass is 9.75. The second-order valence-corrected chi connectivity index (χ2v) is 17.5. The van der Waals surface area contributed by atoms with E-state index >= 15 is 0 Å². The third-order valence-corrected chi connectivity index (χ3v) is 9.07. The van der Waals surface area contributed by atoms with Gasteiger partial charge in [0, 0.05) is 5.38 Å². The standard InChI is InChI=1S/C36H55Cl3N2O7S/c1-13-29(45-12)35(10,11)31(42)25(5)30(47-33(44)46-21-36(37,38)39)23(3)16-14-15-22(2)17-18-28(41-32(43)48-34(7,8)9)24(4)19-27-20-49-26(6)40-27/h13,17,19-20,23,25,28,30H,14-16,18,21H2,1-12H3,(H,41,43)/b22-17-,24-19+,29-13-/t23-,25+,28-,30-/m0/s1. The molecule has 0 saturated carbocycles. The molecule has 1 N–H and O–H groups in total. The number of amides is 1. The van der Waals surface area contributed by atoms with Gasteiger partial charge >= 0.3 is 12.2 Å². The van der Waals surface area contributed by atoms with Crippen LogP contribution in [0.15, 0.2) is 34.4 Å². The minimum Gasteiger partial charge on any atom is -0.500 e. The third kappa shape index (κ3) is 16.5. The summed E-state index contributed by atoms with van der Waals surface area (Å²) in [4.78, 5) is 43.6. The van der Waals surface area contributed by atoms with E-state index in [4.69, 9.17) is 53.8 Å². The number of carbonyl (C=O) groups excluding carboxylic acids is 3. The van der Waals surface area contributed by atoms with Crippen LogP contribution in [0.2, 0.25) is 0 Å². The van der Waals surface area contributed by atoms with Gasteiger partial charge in [0.05, 0.1) is 35.2 Å². The van der Waals surface area contributed by atoms with Gasteiger partial charge in [0.15, 0.2) is 5.78 Å². The molecule has 0 radical (unpaired) electrons. The van der Waals surface area contributed by atoms with Gasteiger partial charge in [0.25, 0.3) is 0 Å². The molecule has 0 aromatic carbocycles. The van der Waals surface area contributed by atoms with Gasteiger partial charge in [-0.1, -0.05) is 60.3 Å². The van der Waals surface area contributed by atoms with Gasteiger partial charge in [-0.15, -0.1) is 11.3 Å². The Morgan fingerprint density at radius 2 is 1.71 bits per heavy atom. The number of rotatable bonds is 17. The summed E-state index contributed by atoms with van der Waals surface area (Å²) in [6.45, 7) is 20.0. The maximum atomic E-state index is 13.8. The number of allylic oxidation sites excluding steroid dienone is 3. The molecule has 1 heterocycles. The molecule has 0 aliphatic rings. The summed E-state index contributed by atoms with van der Waals surface area (Å²) in [5.41, 5.74) is 1.34. The van der Waals surface area contributed by atoms with Gasteiger partial charge in [0.2, 0.25) is 3.79 Å². The maximum absolute atomic E-state index is 13.8. The molecule has 0 bridgehead atoms. The number of Topliss-reactive ketones (excluding diaryl/α,β-unsaturated/α-hetero) is 1. The van der Waals surface area contributed by atoms with Crippen LogP contribution >= 0.6 is 46.1 Å². The number of hydrogen-bond acceptors (Lipinski definition) is 9. The predicted octanol–water partition coefficient (Wildman–Crippen LogP) is 10.6. The average molecular weight is 766 g/mol. The highest BCUT2D eigenvalue weighted by molar-refractivity contribution is 7.09. The number of methoxy groups -OCH3 is 1. The first kappa shape index (κ1) is 44.8. The molecule has 9 nitrogen and oxygen atoms in total. The van der Waals surface area contributed by atoms with Gasteiger partial charge < -0.3 is 24.3 Å². The Balaban J connectivity index is 3.10. The first-order valence-corrected chi connectivity index (χ1v) is 18.4. The zero-order chi connectivity index (χ0) is 37.7. The van der Waals surface area contributed by atoms with Crippen molar-refractivity contribution < 1.29 is 33.3 Å². The molecule has 0 saturated heterocycles. The summed E-state index contributed by atoms with van der Waals surface area (Å²) < 4.78 is 20.0. The molecule has 0 unspecified atom stereocenters. The van der Waals surface area contributed by atoms with Gasteiger partial charge in [-0.3, -0.25) is 4.79 Å². The van der Waals surface area contributed by atoms with Crippen LogP contribution in [-0.4, -0.2) is 58.3 Å². The van der Waals surface area contributed by atoms with Crippen molar-refractivity contribution in [2.45, 2.75) is 123 Å². The lowest BCUT2D eigenvalue weighted by Gasteiger charge is -2.34. The van der Waals surface area contributed by atoms with E-state index in [2.05, 4.69) is 16.4 Å². The number of thiazole rings is 1. The maximum Gasteiger partial charge on any atom is 0.508 e. The number of ketones is 1. The van der Waals surface area contributed by atoms with Gasteiger partial charge in [-0.25, -0.2) is 14.6 Å². The zero-order valence-electron chi connectivity index (χ0n) is 31.0. The number of hydrogen-bond donors (Lipinski definition) is 1. The summed E-state index contributed by atoms with van der Waals surface area (Å²) in [6, 6.07) is -0.299. The van der Waals surface area contributed by atoms with E-state index in [1.165, 1.54) is 7.11 Å². The highest BCUT2D eigenvalue weighted by Crippen LogP contribution is 2.35. The molecule has 1 rings (SSSR count). The predicted molar refractivity (Wildman–Crippen MR) is 200 cm³/mol. The number of alkyl halides is 3. The molecule has 13 heteroatoms. The molecule has 0 fully saturated rings.